The van der Waals surface area contributed by atoms with E-state index in [1.54, 1.807) is 7.05 Å². The highest BCUT2D eigenvalue weighted by Gasteiger charge is 2.10. The zero-order chi connectivity index (χ0) is 13.5. The quantitative estimate of drug-likeness (QED) is 0.789. The average molecular weight is 245 g/mol. The molecule has 0 aromatic heterocycles. The summed E-state index contributed by atoms with van der Waals surface area (Å²) < 4.78 is 0. The van der Waals surface area contributed by atoms with Gasteiger partial charge in [-0.25, -0.2) is 0 Å². The van der Waals surface area contributed by atoms with Crippen molar-refractivity contribution in [3.8, 4) is 0 Å². The number of nitrogens with one attached hydrogen (secondary N) is 1. The second-order valence-corrected chi connectivity index (χ2v) is 4.75. The number of aryl methyl sites for hydroxylation is 1. The Morgan fingerprint density at radius 1 is 1.33 bits per heavy atom. The van der Waals surface area contributed by atoms with Gasteiger partial charge in [-0.2, -0.15) is 0 Å². The number of rotatable bonds is 5. The SMILES string of the molecule is C/C=C(/CCc1ccccc1C(=O)NC)C(C)C. The van der Waals surface area contributed by atoms with Crippen molar-refractivity contribution in [1.29, 1.82) is 0 Å². The van der Waals surface area contributed by atoms with Gasteiger partial charge in [0.05, 0.1) is 0 Å². The van der Waals surface area contributed by atoms with Crippen LogP contribution in [-0.2, 0) is 6.42 Å². The minimum Gasteiger partial charge on any atom is -0.355 e. The molecule has 0 atom stereocenters. The number of carbonyl (C=O) groups is 1. The maximum atomic E-state index is 11.8. The minimum absolute atomic E-state index is 0.00262. The first kappa shape index (κ1) is 14.5. The van der Waals surface area contributed by atoms with Crippen LogP contribution in [0.2, 0.25) is 0 Å². The van der Waals surface area contributed by atoms with Crippen LogP contribution < -0.4 is 5.32 Å². The summed E-state index contributed by atoms with van der Waals surface area (Å²) in [5.74, 6) is 0.569. The van der Waals surface area contributed by atoms with Gasteiger partial charge < -0.3 is 5.32 Å². The molecule has 2 heteroatoms. The summed E-state index contributed by atoms with van der Waals surface area (Å²) in [5, 5.41) is 2.69. The molecule has 1 amide bonds. The van der Waals surface area contributed by atoms with Gasteiger partial charge in [0.25, 0.3) is 5.91 Å². The third-order valence-electron chi connectivity index (χ3n) is 3.28. The summed E-state index contributed by atoms with van der Waals surface area (Å²) in [6.45, 7) is 6.50. The number of hydrogen-bond donors (Lipinski definition) is 1. The van der Waals surface area contributed by atoms with E-state index in [9.17, 15) is 4.79 Å². The summed E-state index contributed by atoms with van der Waals surface area (Å²) in [4.78, 5) is 11.8. The first-order chi connectivity index (χ1) is 8.60. The standard InChI is InChI=1S/C16H23NO/c1-5-13(12(2)3)10-11-14-8-6-7-9-15(14)16(18)17-4/h5-9,12H,10-11H2,1-4H3,(H,17,18)/b13-5-. The van der Waals surface area contributed by atoms with Crippen molar-refractivity contribution in [3.05, 3.63) is 47.0 Å². The molecule has 0 bridgehead atoms. The van der Waals surface area contributed by atoms with Crippen molar-refractivity contribution < 1.29 is 4.79 Å². The number of hydrogen-bond acceptors (Lipinski definition) is 1. The molecule has 98 valence electrons. The summed E-state index contributed by atoms with van der Waals surface area (Å²) in [7, 11) is 1.67. The third kappa shape index (κ3) is 3.73. The molecule has 1 rings (SSSR count). The second kappa shape index (κ2) is 7.00. The maximum absolute atomic E-state index is 11.8. The van der Waals surface area contributed by atoms with Gasteiger partial charge in [0.15, 0.2) is 0 Å². The second-order valence-electron chi connectivity index (χ2n) is 4.75. The van der Waals surface area contributed by atoms with Crippen LogP contribution in [0.1, 0.15) is 43.1 Å². The summed E-state index contributed by atoms with van der Waals surface area (Å²) >= 11 is 0. The molecule has 0 saturated heterocycles. The Bertz CT molecular complexity index is 432. The van der Waals surface area contributed by atoms with E-state index in [2.05, 4.69) is 32.2 Å². The highest BCUT2D eigenvalue weighted by molar-refractivity contribution is 5.95. The predicted octanol–water partition coefficient (Wildman–Crippen LogP) is 3.58. The molecule has 18 heavy (non-hydrogen) atoms. The Balaban J connectivity index is 2.82. The van der Waals surface area contributed by atoms with Crippen LogP contribution >= 0.6 is 0 Å². The van der Waals surface area contributed by atoms with Crippen LogP contribution in [0.3, 0.4) is 0 Å². The number of amides is 1. The zero-order valence-corrected chi connectivity index (χ0v) is 11.8. The van der Waals surface area contributed by atoms with Gasteiger partial charge in [0.2, 0.25) is 0 Å². The average Bonchev–Trinajstić information content (AvgIpc) is 2.38. The van der Waals surface area contributed by atoms with Gasteiger partial charge in [-0.1, -0.05) is 43.7 Å². The predicted molar refractivity (Wildman–Crippen MR) is 76.7 cm³/mol. The molecule has 1 aromatic rings. The topological polar surface area (TPSA) is 29.1 Å². The molecule has 0 saturated carbocycles. The van der Waals surface area contributed by atoms with Gasteiger partial charge in [0, 0.05) is 12.6 Å². The molecule has 1 aromatic carbocycles. The molecule has 0 spiro atoms. The van der Waals surface area contributed by atoms with Gasteiger partial charge in [0.1, 0.15) is 0 Å². The van der Waals surface area contributed by atoms with Crippen LogP contribution in [0, 0.1) is 5.92 Å². The highest BCUT2D eigenvalue weighted by atomic mass is 16.1. The molecule has 0 heterocycles. The zero-order valence-electron chi connectivity index (χ0n) is 11.8. The molecule has 0 aliphatic carbocycles. The Morgan fingerprint density at radius 3 is 2.56 bits per heavy atom. The number of benzene rings is 1. The summed E-state index contributed by atoms with van der Waals surface area (Å²) in [6, 6.07) is 7.83. The first-order valence-electron chi connectivity index (χ1n) is 6.55. The van der Waals surface area contributed by atoms with Crippen LogP contribution in [0.15, 0.2) is 35.9 Å². The molecule has 0 aliphatic rings. The van der Waals surface area contributed by atoms with Crippen LogP contribution in [0.4, 0.5) is 0 Å². The lowest BCUT2D eigenvalue weighted by Crippen LogP contribution is -2.19. The van der Waals surface area contributed by atoms with E-state index in [1.807, 2.05) is 24.3 Å². The van der Waals surface area contributed by atoms with E-state index in [1.165, 1.54) is 5.57 Å². The van der Waals surface area contributed by atoms with Crippen molar-refractivity contribution >= 4 is 5.91 Å². The molecular weight excluding hydrogens is 222 g/mol. The third-order valence-corrected chi connectivity index (χ3v) is 3.28. The minimum atomic E-state index is -0.00262. The van der Waals surface area contributed by atoms with Crippen LogP contribution in [0.5, 0.6) is 0 Å². The Kier molecular flexibility index (Phi) is 5.63. The molecule has 0 unspecified atom stereocenters. The fourth-order valence-corrected chi connectivity index (χ4v) is 2.14. The fraction of sp³-hybridized carbons (Fsp3) is 0.438. The first-order valence-corrected chi connectivity index (χ1v) is 6.55. The normalized spacial score (nSPS) is 11.7. The lowest BCUT2D eigenvalue weighted by atomic mass is 9.94. The number of carbonyl (C=O) groups excluding carboxylic acids is 1. The Labute approximate surface area is 110 Å². The molecule has 0 aliphatic heterocycles. The van der Waals surface area contributed by atoms with Gasteiger partial charge >= 0.3 is 0 Å². The van der Waals surface area contributed by atoms with Gasteiger partial charge in [-0.15, -0.1) is 0 Å². The van der Waals surface area contributed by atoms with Crippen molar-refractivity contribution in [2.75, 3.05) is 7.05 Å². The molecule has 0 radical (unpaired) electrons. The smallest absolute Gasteiger partial charge is 0.251 e. The van der Waals surface area contributed by atoms with E-state index in [0.717, 1.165) is 24.0 Å². The maximum Gasteiger partial charge on any atom is 0.251 e. The van der Waals surface area contributed by atoms with Gasteiger partial charge in [-0.3, -0.25) is 4.79 Å². The largest absolute Gasteiger partial charge is 0.355 e. The fourth-order valence-electron chi connectivity index (χ4n) is 2.14. The molecule has 2 nitrogen and oxygen atoms in total. The highest BCUT2D eigenvalue weighted by Crippen LogP contribution is 2.19. The van der Waals surface area contributed by atoms with E-state index in [4.69, 9.17) is 0 Å². The lowest BCUT2D eigenvalue weighted by molar-refractivity contribution is 0.0962. The molecule has 1 N–H and O–H groups in total. The Hall–Kier alpha value is -1.57. The van der Waals surface area contributed by atoms with E-state index in [0.29, 0.717) is 5.92 Å². The van der Waals surface area contributed by atoms with Crippen molar-refractivity contribution in [1.82, 2.24) is 5.32 Å². The monoisotopic (exact) mass is 245 g/mol. The summed E-state index contributed by atoms with van der Waals surface area (Å²) in [5.41, 5.74) is 3.36. The lowest BCUT2D eigenvalue weighted by Gasteiger charge is -2.12. The van der Waals surface area contributed by atoms with Crippen molar-refractivity contribution in [2.45, 2.75) is 33.6 Å². The van der Waals surface area contributed by atoms with Crippen LogP contribution in [0.25, 0.3) is 0 Å². The van der Waals surface area contributed by atoms with Crippen molar-refractivity contribution in [2.24, 2.45) is 5.92 Å². The van der Waals surface area contributed by atoms with E-state index < -0.39 is 0 Å². The number of allylic oxidation sites excluding steroid dienone is 2. The van der Waals surface area contributed by atoms with E-state index >= 15 is 0 Å². The van der Waals surface area contributed by atoms with E-state index in [-0.39, 0.29) is 5.91 Å². The van der Waals surface area contributed by atoms with Gasteiger partial charge in [-0.05, 0) is 37.3 Å². The van der Waals surface area contributed by atoms with Crippen molar-refractivity contribution in [3.63, 3.8) is 0 Å². The molecular formula is C16H23NO. The van der Waals surface area contributed by atoms with Crippen LogP contribution in [-0.4, -0.2) is 13.0 Å². The summed E-state index contributed by atoms with van der Waals surface area (Å²) in [6.07, 6.45) is 4.12. The molecule has 0 fully saturated rings. The Morgan fingerprint density at radius 2 is 2.00 bits per heavy atom.